The molecule has 2 N–H and O–H groups in total. The predicted molar refractivity (Wildman–Crippen MR) is 100 cm³/mol. The molecule has 2 aromatic rings. The largest absolute Gasteiger partial charge is 0.379 e. The first-order valence-electron chi connectivity index (χ1n) is 8.22. The van der Waals surface area contributed by atoms with Gasteiger partial charge in [-0.2, -0.15) is 0 Å². The highest BCUT2D eigenvalue weighted by Gasteiger charge is 2.31. The Hall–Kier alpha value is -1.92. The van der Waals surface area contributed by atoms with Crippen molar-refractivity contribution in [1.82, 2.24) is 9.91 Å². The number of morpholine rings is 1. The van der Waals surface area contributed by atoms with E-state index in [9.17, 15) is 4.79 Å². The zero-order valence-electron chi connectivity index (χ0n) is 14.1. The molecule has 1 atom stereocenters. The topological polar surface area (TPSA) is 58.8 Å². The van der Waals surface area contributed by atoms with Crippen molar-refractivity contribution >= 4 is 18.3 Å². The summed E-state index contributed by atoms with van der Waals surface area (Å²) in [5.74, 6) is 6.03. The number of carbonyl (C=O) groups is 1. The van der Waals surface area contributed by atoms with Gasteiger partial charge in [-0.1, -0.05) is 60.7 Å². The van der Waals surface area contributed by atoms with Crippen LogP contribution in [0.3, 0.4) is 0 Å². The van der Waals surface area contributed by atoms with Gasteiger partial charge in [0.15, 0.2) is 0 Å². The molecule has 0 spiro atoms. The molecular weight excluding hydrogens is 338 g/mol. The maximum Gasteiger partial charge on any atom is 0.258 e. The summed E-state index contributed by atoms with van der Waals surface area (Å²) in [4.78, 5) is 15.2. The van der Waals surface area contributed by atoms with Crippen molar-refractivity contribution in [3.63, 3.8) is 0 Å². The van der Waals surface area contributed by atoms with Crippen molar-refractivity contribution in [2.45, 2.75) is 12.6 Å². The number of nitrogens with zero attached hydrogens (tertiary/aromatic N) is 2. The maximum atomic E-state index is 13.1. The number of amides is 1. The minimum absolute atomic E-state index is 0. The number of carbonyl (C=O) groups excluding carboxylic acids is 1. The molecule has 1 fully saturated rings. The maximum absolute atomic E-state index is 13.1. The summed E-state index contributed by atoms with van der Waals surface area (Å²) in [7, 11) is 0. The van der Waals surface area contributed by atoms with E-state index in [-0.39, 0.29) is 24.4 Å². The number of hydrogen-bond donors (Lipinski definition) is 1. The van der Waals surface area contributed by atoms with E-state index < -0.39 is 0 Å². The van der Waals surface area contributed by atoms with E-state index in [2.05, 4.69) is 4.90 Å². The quantitative estimate of drug-likeness (QED) is 0.504. The fourth-order valence-electron chi connectivity index (χ4n) is 3.00. The minimum Gasteiger partial charge on any atom is -0.379 e. The SMILES string of the molecule is Cl.NN(Cc1ccccc1)C(=O)[C@@H](c1ccccc1)N1CCOCC1. The molecule has 0 radical (unpaired) electrons. The zero-order valence-corrected chi connectivity index (χ0v) is 14.9. The first-order valence-corrected chi connectivity index (χ1v) is 8.22. The Morgan fingerprint density at radius 3 is 2.20 bits per heavy atom. The highest BCUT2D eigenvalue weighted by Crippen LogP contribution is 2.24. The summed E-state index contributed by atoms with van der Waals surface area (Å²) < 4.78 is 5.42. The molecule has 25 heavy (non-hydrogen) atoms. The first kappa shape index (κ1) is 19.4. The predicted octanol–water partition coefficient (Wildman–Crippen LogP) is 2.38. The lowest BCUT2D eigenvalue weighted by Gasteiger charge is -2.35. The third-order valence-corrected chi connectivity index (χ3v) is 4.24. The zero-order chi connectivity index (χ0) is 16.8. The summed E-state index contributed by atoms with van der Waals surface area (Å²) >= 11 is 0. The van der Waals surface area contributed by atoms with Crippen LogP contribution >= 0.6 is 12.4 Å². The summed E-state index contributed by atoms with van der Waals surface area (Å²) in [5.41, 5.74) is 1.98. The average Bonchev–Trinajstić information content (AvgIpc) is 2.64. The van der Waals surface area contributed by atoms with Crippen LogP contribution in [0.4, 0.5) is 0 Å². The molecule has 1 aliphatic heterocycles. The molecule has 1 saturated heterocycles. The minimum atomic E-state index is -0.371. The molecule has 2 aromatic carbocycles. The number of halogens is 1. The van der Waals surface area contributed by atoms with Crippen molar-refractivity contribution < 1.29 is 9.53 Å². The molecule has 0 unspecified atom stereocenters. The van der Waals surface area contributed by atoms with Crippen LogP contribution in [-0.2, 0) is 16.1 Å². The van der Waals surface area contributed by atoms with Gasteiger partial charge in [0.25, 0.3) is 5.91 Å². The van der Waals surface area contributed by atoms with Crippen LogP contribution in [0.25, 0.3) is 0 Å². The van der Waals surface area contributed by atoms with E-state index in [4.69, 9.17) is 10.6 Å². The molecule has 1 amide bonds. The third-order valence-electron chi connectivity index (χ3n) is 4.24. The molecule has 0 saturated carbocycles. The van der Waals surface area contributed by atoms with Gasteiger partial charge in [0, 0.05) is 13.1 Å². The molecule has 6 heteroatoms. The smallest absolute Gasteiger partial charge is 0.258 e. The summed E-state index contributed by atoms with van der Waals surface area (Å²) in [6.45, 7) is 3.13. The van der Waals surface area contributed by atoms with Gasteiger partial charge in [0.2, 0.25) is 0 Å². The molecule has 0 aliphatic carbocycles. The fraction of sp³-hybridized carbons (Fsp3) is 0.316. The average molecular weight is 362 g/mol. The Bertz CT molecular complexity index is 648. The van der Waals surface area contributed by atoms with E-state index in [1.54, 1.807) is 0 Å². The van der Waals surface area contributed by atoms with Crippen molar-refractivity contribution in [2.24, 2.45) is 5.84 Å². The molecule has 134 valence electrons. The second-order valence-electron chi connectivity index (χ2n) is 5.91. The van der Waals surface area contributed by atoms with Gasteiger partial charge in [-0.25, -0.2) is 5.84 Å². The molecule has 0 bridgehead atoms. The third kappa shape index (κ3) is 5.03. The number of hydrazine groups is 1. The van der Waals surface area contributed by atoms with Crippen LogP contribution in [0.15, 0.2) is 60.7 Å². The normalized spacial score (nSPS) is 15.9. The molecule has 0 aromatic heterocycles. The van der Waals surface area contributed by atoms with E-state index in [1.807, 2.05) is 60.7 Å². The standard InChI is InChI=1S/C19H23N3O2.ClH/c20-22(15-16-7-3-1-4-8-16)19(23)18(17-9-5-2-6-10-17)21-11-13-24-14-12-21;/h1-10,18H,11-15,20H2;1H/t18-;/m1./s1. The Labute approximate surface area is 154 Å². The van der Waals surface area contributed by atoms with Gasteiger partial charge < -0.3 is 4.74 Å². The van der Waals surface area contributed by atoms with Crippen molar-refractivity contribution in [3.8, 4) is 0 Å². The van der Waals surface area contributed by atoms with Gasteiger partial charge in [-0.15, -0.1) is 12.4 Å². The van der Waals surface area contributed by atoms with Crippen LogP contribution < -0.4 is 5.84 Å². The fourth-order valence-corrected chi connectivity index (χ4v) is 3.00. The van der Waals surface area contributed by atoms with Crippen LogP contribution in [0, 0.1) is 0 Å². The Kier molecular flexibility index (Phi) is 7.40. The van der Waals surface area contributed by atoms with E-state index >= 15 is 0 Å². The first-order chi connectivity index (χ1) is 11.8. The van der Waals surface area contributed by atoms with Crippen molar-refractivity contribution in [3.05, 3.63) is 71.8 Å². The lowest BCUT2D eigenvalue weighted by atomic mass is 10.0. The van der Waals surface area contributed by atoms with Crippen LogP contribution in [0.5, 0.6) is 0 Å². The van der Waals surface area contributed by atoms with E-state index in [1.165, 1.54) is 5.01 Å². The number of benzene rings is 2. The van der Waals surface area contributed by atoms with Crippen LogP contribution in [0.1, 0.15) is 17.2 Å². The molecular formula is C19H24ClN3O2. The van der Waals surface area contributed by atoms with Gasteiger partial charge in [-0.05, 0) is 11.1 Å². The monoisotopic (exact) mass is 361 g/mol. The van der Waals surface area contributed by atoms with Crippen molar-refractivity contribution in [1.29, 1.82) is 0 Å². The second kappa shape index (κ2) is 9.53. The van der Waals surface area contributed by atoms with Gasteiger partial charge in [-0.3, -0.25) is 14.7 Å². The Morgan fingerprint density at radius 2 is 1.60 bits per heavy atom. The number of rotatable bonds is 5. The van der Waals surface area contributed by atoms with Gasteiger partial charge in [0.05, 0.1) is 19.8 Å². The molecule has 5 nitrogen and oxygen atoms in total. The Balaban J connectivity index is 0.00000225. The number of hydrogen-bond acceptors (Lipinski definition) is 4. The van der Waals surface area contributed by atoms with Crippen LogP contribution in [0.2, 0.25) is 0 Å². The lowest BCUT2D eigenvalue weighted by molar-refractivity contribution is -0.140. The molecule has 3 rings (SSSR count). The second-order valence-corrected chi connectivity index (χ2v) is 5.91. The number of nitrogens with two attached hydrogens (primary N) is 1. The van der Waals surface area contributed by atoms with Crippen LogP contribution in [-0.4, -0.2) is 42.1 Å². The van der Waals surface area contributed by atoms with Crippen molar-refractivity contribution in [2.75, 3.05) is 26.3 Å². The molecule has 1 heterocycles. The highest BCUT2D eigenvalue weighted by atomic mass is 35.5. The summed E-state index contributed by atoms with van der Waals surface area (Å²) in [6, 6.07) is 19.2. The van der Waals surface area contributed by atoms with Gasteiger partial charge in [0.1, 0.15) is 6.04 Å². The highest BCUT2D eigenvalue weighted by molar-refractivity contribution is 5.85. The summed E-state index contributed by atoms with van der Waals surface area (Å²) in [5, 5.41) is 1.32. The summed E-state index contributed by atoms with van der Waals surface area (Å²) in [6.07, 6.45) is 0. The number of ether oxygens (including phenoxy) is 1. The van der Waals surface area contributed by atoms with E-state index in [0.29, 0.717) is 19.8 Å². The van der Waals surface area contributed by atoms with Gasteiger partial charge >= 0.3 is 0 Å². The Morgan fingerprint density at radius 1 is 1.04 bits per heavy atom. The van der Waals surface area contributed by atoms with E-state index in [0.717, 1.165) is 24.2 Å². The molecule has 1 aliphatic rings. The lowest BCUT2D eigenvalue weighted by Crippen LogP contribution is -2.49.